The lowest BCUT2D eigenvalue weighted by molar-refractivity contribution is -0.133. The number of nitrogens with zero attached hydrogens (tertiary/aromatic N) is 1. The summed E-state index contributed by atoms with van der Waals surface area (Å²) in [6.45, 7) is 0.448. The number of carbonyl (C=O) groups excluding carboxylic acids is 2. The van der Waals surface area contributed by atoms with E-state index in [-0.39, 0.29) is 23.9 Å². The Hall–Kier alpha value is -2.73. The third kappa shape index (κ3) is 4.71. The van der Waals surface area contributed by atoms with E-state index < -0.39 is 0 Å². The number of rotatable bonds is 4. The second-order valence-electron chi connectivity index (χ2n) is 6.57. The van der Waals surface area contributed by atoms with Gasteiger partial charge in [0.15, 0.2) is 0 Å². The maximum atomic E-state index is 12.5. The van der Waals surface area contributed by atoms with Gasteiger partial charge in [0.05, 0.1) is 13.2 Å². The largest absolute Gasteiger partial charge is 0.497 e. The van der Waals surface area contributed by atoms with Gasteiger partial charge < -0.3 is 20.3 Å². The van der Waals surface area contributed by atoms with Crippen molar-refractivity contribution in [2.75, 3.05) is 26.0 Å². The summed E-state index contributed by atoms with van der Waals surface area (Å²) in [5.41, 5.74) is 1.65. The number of piperidine rings is 1. The highest BCUT2D eigenvalue weighted by atomic mass is 35.5. The maximum absolute atomic E-state index is 12.5. The van der Waals surface area contributed by atoms with Crippen LogP contribution in [0.15, 0.2) is 48.5 Å². The zero-order valence-corrected chi connectivity index (χ0v) is 16.0. The molecule has 1 heterocycles. The Morgan fingerprint density at radius 1 is 1.15 bits per heavy atom. The van der Waals surface area contributed by atoms with E-state index in [2.05, 4.69) is 10.6 Å². The van der Waals surface area contributed by atoms with Crippen molar-refractivity contribution in [1.29, 1.82) is 0 Å². The van der Waals surface area contributed by atoms with E-state index in [4.69, 9.17) is 16.3 Å². The fraction of sp³-hybridized carbons (Fsp3) is 0.300. The highest BCUT2D eigenvalue weighted by Gasteiger charge is 2.34. The monoisotopic (exact) mass is 387 g/mol. The van der Waals surface area contributed by atoms with Crippen molar-refractivity contribution in [2.24, 2.45) is 0 Å². The molecule has 142 valence electrons. The molecule has 0 saturated carbocycles. The average molecular weight is 388 g/mol. The SMILES string of the molecule is COc1ccc([C@@H]2CC(=O)N(C)C[C@H]2NC(=O)Nc2ccc(Cl)cc2)cc1. The molecule has 0 bridgehead atoms. The molecule has 2 aromatic carbocycles. The normalized spacial score (nSPS) is 19.5. The number of hydrogen-bond donors (Lipinski definition) is 2. The van der Waals surface area contributed by atoms with Crippen LogP contribution < -0.4 is 15.4 Å². The molecule has 3 amide bonds. The first-order valence-corrected chi connectivity index (χ1v) is 9.05. The molecule has 1 aliphatic rings. The van der Waals surface area contributed by atoms with Crippen molar-refractivity contribution < 1.29 is 14.3 Å². The predicted molar refractivity (Wildman–Crippen MR) is 105 cm³/mol. The molecule has 3 rings (SSSR count). The minimum absolute atomic E-state index is 0.0620. The summed E-state index contributed by atoms with van der Waals surface area (Å²) in [4.78, 5) is 26.3. The fourth-order valence-electron chi connectivity index (χ4n) is 3.23. The molecule has 1 aliphatic heterocycles. The van der Waals surface area contributed by atoms with Crippen LogP contribution in [0.1, 0.15) is 17.9 Å². The topological polar surface area (TPSA) is 70.7 Å². The number of urea groups is 1. The molecule has 7 heteroatoms. The molecule has 0 aliphatic carbocycles. The van der Waals surface area contributed by atoms with E-state index in [1.165, 1.54) is 0 Å². The van der Waals surface area contributed by atoms with Gasteiger partial charge in [-0.05, 0) is 42.0 Å². The molecule has 0 unspecified atom stereocenters. The van der Waals surface area contributed by atoms with Crippen molar-refractivity contribution in [3.63, 3.8) is 0 Å². The Kier molecular flexibility index (Phi) is 5.86. The summed E-state index contributed by atoms with van der Waals surface area (Å²) in [6.07, 6.45) is 0.342. The minimum atomic E-state index is -0.316. The maximum Gasteiger partial charge on any atom is 0.319 e. The van der Waals surface area contributed by atoms with Crippen LogP contribution in [-0.2, 0) is 4.79 Å². The van der Waals surface area contributed by atoms with Gasteiger partial charge in [0.1, 0.15) is 5.75 Å². The second kappa shape index (κ2) is 8.31. The van der Waals surface area contributed by atoms with Gasteiger partial charge in [0.25, 0.3) is 0 Å². The van der Waals surface area contributed by atoms with Crippen molar-refractivity contribution >= 4 is 29.2 Å². The molecular formula is C20H22ClN3O3. The van der Waals surface area contributed by atoms with Gasteiger partial charge in [-0.2, -0.15) is 0 Å². The number of methoxy groups -OCH3 is 1. The fourth-order valence-corrected chi connectivity index (χ4v) is 3.35. The van der Waals surface area contributed by atoms with E-state index >= 15 is 0 Å². The van der Waals surface area contributed by atoms with Crippen LogP contribution in [0.2, 0.25) is 5.02 Å². The zero-order chi connectivity index (χ0) is 19.4. The van der Waals surface area contributed by atoms with Crippen molar-refractivity contribution in [1.82, 2.24) is 10.2 Å². The van der Waals surface area contributed by atoms with Gasteiger partial charge in [-0.25, -0.2) is 4.79 Å². The number of ether oxygens (including phenoxy) is 1. The Bertz CT molecular complexity index is 808. The third-order valence-electron chi connectivity index (χ3n) is 4.74. The van der Waals surface area contributed by atoms with Crippen LogP contribution in [0.5, 0.6) is 5.75 Å². The number of likely N-dealkylation sites (tertiary alicyclic amines) is 1. The summed E-state index contributed by atoms with van der Waals surface area (Å²) in [6, 6.07) is 14.0. The molecule has 0 radical (unpaired) electrons. The van der Waals surface area contributed by atoms with Crippen molar-refractivity contribution in [3.05, 3.63) is 59.1 Å². The highest BCUT2D eigenvalue weighted by Crippen LogP contribution is 2.30. The highest BCUT2D eigenvalue weighted by molar-refractivity contribution is 6.30. The smallest absolute Gasteiger partial charge is 0.319 e. The lowest BCUT2D eigenvalue weighted by Crippen LogP contribution is -2.53. The standard InChI is InChI=1S/C20H22ClN3O3/c1-24-12-18(23-20(26)22-15-7-5-14(21)6-8-15)17(11-19(24)25)13-3-9-16(27-2)10-4-13/h3-10,17-18H,11-12H2,1-2H3,(H2,22,23,26)/t17-,18+/m0/s1. The van der Waals surface area contributed by atoms with Crippen LogP contribution in [-0.4, -0.2) is 43.6 Å². The van der Waals surface area contributed by atoms with Gasteiger partial charge in [0.2, 0.25) is 5.91 Å². The van der Waals surface area contributed by atoms with Crippen LogP contribution in [0.4, 0.5) is 10.5 Å². The molecule has 2 atom stereocenters. The molecule has 1 fully saturated rings. The molecule has 2 aromatic rings. The van der Waals surface area contributed by atoms with E-state index in [9.17, 15) is 9.59 Å². The number of likely N-dealkylation sites (N-methyl/N-ethyl adjacent to an activating group) is 1. The minimum Gasteiger partial charge on any atom is -0.497 e. The lowest BCUT2D eigenvalue weighted by atomic mass is 9.85. The Morgan fingerprint density at radius 2 is 1.81 bits per heavy atom. The average Bonchev–Trinajstić information content (AvgIpc) is 2.66. The summed E-state index contributed by atoms with van der Waals surface area (Å²) in [5.74, 6) is 0.713. The molecule has 2 N–H and O–H groups in total. The van der Waals surface area contributed by atoms with Crippen LogP contribution >= 0.6 is 11.6 Å². The Labute approximate surface area is 163 Å². The number of carbonyl (C=O) groups is 2. The first kappa shape index (κ1) is 19.0. The van der Waals surface area contributed by atoms with E-state index in [1.807, 2.05) is 24.3 Å². The van der Waals surface area contributed by atoms with Gasteiger partial charge in [0, 0.05) is 36.6 Å². The quantitative estimate of drug-likeness (QED) is 0.843. The zero-order valence-electron chi connectivity index (χ0n) is 15.2. The Balaban J connectivity index is 1.73. The molecule has 6 nitrogen and oxygen atoms in total. The van der Waals surface area contributed by atoms with Crippen LogP contribution in [0.25, 0.3) is 0 Å². The van der Waals surface area contributed by atoms with Crippen molar-refractivity contribution in [2.45, 2.75) is 18.4 Å². The summed E-state index contributed by atoms with van der Waals surface area (Å²) in [7, 11) is 3.36. The molecule has 1 saturated heterocycles. The first-order valence-electron chi connectivity index (χ1n) is 8.67. The summed E-state index contributed by atoms with van der Waals surface area (Å²) >= 11 is 5.87. The van der Waals surface area contributed by atoms with Crippen LogP contribution in [0, 0.1) is 0 Å². The number of halogens is 1. The van der Waals surface area contributed by atoms with Crippen molar-refractivity contribution in [3.8, 4) is 5.75 Å². The number of benzene rings is 2. The number of nitrogens with one attached hydrogen (secondary N) is 2. The predicted octanol–water partition coefficient (Wildman–Crippen LogP) is 3.48. The van der Waals surface area contributed by atoms with Gasteiger partial charge in [-0.1, -0.05) is 23.7 Å². The third-order valence-corrected chi connectivity index (χ3v) is 4.99. The summed E-state index contributed by atoms with van der Waals surface area (Å²) < 4.78 is 5.20. The number of hydrogen-bond acceptors (Lipinski definition) is 3. The number of amides is 3. The lowest BCUT2D eigenvalue weighted by Gasteiger charge is -2.37. The molecule has 0 spiro atoms. The number of anilines is 1. The Morgan fingerprint density at radius 3 is 2.44 bits per heavy atom. The van der Waals surface area contributed by atoms with Gasteiger partial charge in [-0.3, -0.25) is 4.79 Å². The first-order chi connectivity index (χ1) is 13.0. The van der Waals surface area contributed by atoms with E-state index in [1.54, 1.807) is 43.3 Å². The molecular weight excluding hydrogens is 366 g/mol. The molecule has 27 heavy (non-hydrogen) atoms. The van der Waals surface area contributed by atoms with Gasteiger partial charge >= 0.3 is 6.03 Å². The van der Waals surface area contributed by atoms with Crippen LogP contribution in [0.3, 0.4) is 0 Å². The van der Waals surface area contributed by atoms with E-state index in [0.29, 0.717) is 23.7 Å². The second-order valence-corrected chi connectivity index (χ2v) is 7.01. The van der Waals surface area contributed by atoms with E-state index in [0.717, 1.165) is 11.3 Å². The molecule has 0 aromatic heterocycles. The summed E-state index contributed by atoms with van der Waals surface area (Å²) in [5, 5.41) is 6.41. The van der Waals surface area contributed by atoms with Gasteiger partial charge in [-0.15, -0.1) is 0 Å².